The summed E-state index contributed by atoms with van der Waals surface area (Å²) in [6.45, 7) is 10.5. The van der Waals surface area contributed by atoms with Crippen LogP contribution in [0.1, 0.15) is 57.2 Å². The van der Waals surface area contributed by atoms with Gasteiger partial charge in [-0.05, 0) is 72.5 Å². The number of esters is 2. The van der Waals surface area contributed by atoms with Crippen molar-refractivity contribution in [3.8, 4) is 0 Å². The zero-order chi connectivity index (χ0) is 28.4. The highest BCUT2D eigenvalue weighted by atomic mass is 31.1. The molecule has 206 valence electrons. The third-order valence-corrected chi connectivity index (χ3v) is 9.70. The molecule has 3 aromatic rings. The summed E-state index contributed by atoms with van der Waals surface area (Å²) >= 11 is 0. The highest BCUT2D eigenvalue weighted by molar-refractivity contribution is 7.46. The molecule has 0 N–H and O–H groups in total. The molecule has 0 radical (unpaired) electrons. The van der Waals surface area contributed by atoms with Crippen LogP contribution in [0.2, 0.25) is 0 Å². The van der Waals surface area contributed by atoms with Crippen molar-refractivity contribution in [1.82, 2.24) is 0 Å². The Hall–Kier alpha value is -3.49. The molecular formula is C35H37O4P. The molecule has 5 heteroatoms. The summed E-state index contributed by atoms with van der Waals surface area (Å²) in [5.74, 6) is -1.08. The Balaban J connectivity index is 1.62. The number of hydrogen-bond acceptors (Lipinski definition) is 4. The predicted octanol–water partition coefficient (Wildman–Crippen LogP) is 7.17. The van der Waals surface area contributed by atoms with Gasteiger partial charge in [-0.2, -0.15) is 0 Å². The van der Waals surface area contributed by atoms with Gasteiger partial charge in [0.15, 0.2) is 0 Å². The van der Waals surface area contributed by atoms with Crippen molar-refractivity contribution in [2.45, 2.75) is 45.8 Å². The van der Waals surface area contributed by atoms with E-state index in [1.165, 1.54) is 0 Å². The van der Waals surface area contributed by atoms with Gasteiger partial charge < -0.3 is 9.47 Å². The van der Waals surface area contributed by atoms with Crippen LogP contribution in [0, 0.1) is 31.1 Å². The second kappa shape index (κ2) is 11.6. The molecule has 1 fully saturated rings. The molecule has 5 rings (SSSR count). The number of benzene rings is 3. The van der Waals surface area contributed by atoms with Gasteiger partial charge in [-0.1, -0.05) is 101 Å². The summed E-state index contributed by atoms with van der Waals surface area (Å²) in [4.78, 5) is 27.3. The predicted molar refractivity (Wildman–Crippen MR) is 163 cm³/mol. The van der Waals surface area contributed by atoms with Crippen molar-refractivity contribution in [1.29, 1.82) is 0 Å². The maximum Gasteiger partial charge on any atom is 0.338 e. The van der Waals surface area contributed by atoms with Gasteiger partial charge >= 0.3 is 11.9 Å². The number of fused-ring (bicyclic) bond motifs is 1. The van der Waals surface area contributed by atoms with Crippen LogP contribution < -0.4 is 5.30 Å². The standard InChI is InChI=1S/C35H37O4P/c1-22-12-10-14-25(20-22)33(36)38-31-24(3)35(4)19-9-8-18-29(35)30(28-17-7-6-13-23(28)2)32(31)39-34(37)26-15-11-16-27(21-26)40-5/h6-21,24,29-32,40H,1-5H3/t24?,29?,30-,31?,32?,35?/m0/s1. The quantitative estimate of drug-likeness (QED) is 0.240. The summed E-state index contributed by atoms with van der Waals surface area (Å²) in [6, 6.07) is 23.3. The molecule has 2 aliphatic carbocycles. The third kappa shape index (κ3) is 5.30. The number of carbonyl (C=O) groups excluding carboxylic acids is 2. The summed E-state index contributed by atoms with van der Waals surface area (Å²) < 4.78 is 12.8. The minimum atomic E-state index is -0.681. The summed E-state index contributed by atoms with van der Waals surface area (Å²) in [7, 11) is 0.570. The lowest BCUT2D eigenvalue weighted by Crippen LogP contribution is -2.57. The molecule has 2 aliphatic rings. The first kappa shape index (κ1) is 28.1. The molecule has 0 saturated heterocycles. The monoisotopic (exact) mass is 552 g/mol. The van der Waals surface area contributed by atoms with Gasteiger partial charge in [0, 0.05) is 11.8 Å². The van der Waals surface area contributed by atoms with Crippen LogP contribution in [0.5, 0.6) is 0 Å². The van der Waals surface area contributed by atoms with E-state index >= 15 is 0 Å². The number of hydrogen-bond donors (Lipinski definition) is 0. The van der Waals surface area contributed by atoms with Gasteiger partial charge in [0.2, 0.25) is 0 Å². The lowest BCUT2D eigenvalue weighted by atomic mass is 9.53. The molecule has 1 saturated carbocycles. The first-order valence-electron chi connectivity index (χ1n) is 13.9. The minimum Gasteiger partial charge on any atom is -0.454 e. The Morgan fingerprint density at radius 3 is 2.20 bits per heavy atom. The van der Waals surface area contributed by atoms with Crippen LogP contribution in [-0.4, -0.2) is 30.8 Å². The van der Waals surface area contributed by atoms with E-state index in [-0.39, 0.29) is 23.2 Å². The van der Waals surface area contributed by atoms with Gasteiger partial charge in [-0.3, -0.25) is 0 Å². The Bertz CT molecular complexity index is 1470. The van der Waals surface area contributed by atoms with Crippen molar-refractivity contribution >= 4 is 25.8 Å². The average Bonchev–Trinajstić information content (AvgIpc) is 2.96. The maximum absolute atomic E-state index is 13.7. The normalized spacial score (nSPS) is 27.4. The number of ether oxygens (including phenoxy) is 2. The molecule has 0 bridgehead atoms. The van der Waals surface area contributed by atoms with E-state index in [1.807, 2.05) is 55.5 Å². The van der Waals surface area contributed by atoms with E-state index in [0.29, 0.717) is 19.7 Å². The number of aryl methyl sites for hydroxylation is 2. The second-order valence-corrected chi connectivity index (χ2v) is 12.3. The number of rotatable bonds is 6. The third-order valence-electron chi connectivity index (χ3n) is 8.82. The van der Waals surface area contributed by atoms with Crippen molar-refractivity contribution in [2.24, 2.45) is 17.3 Å². The first-order chi connectivity index (χ1) is 19.2. The van der Waals surface area contributed by atoms with E-state index in [0.717, 1.165) is 22.0 Å². The summed E-state index contributed by atoms with van der Waals surface area (Å²) in [5, 5.41) is 1.09. The van der Waals surface area contributed by atoms with Gasteiger partial charge in [0.1, 0.15) is 12.2 Å². The Morgan fingerprint density at radius 2 is 1.50 bits per heavy atom. The van der Waals surface area contributed by atoms with Gasteiger partial charge in [0.25, 0.3) is 0 Å². The molecule has 0 amide bonds. The Morgan fingerprint density at radius 1 is 0.825 bits per heavy atom. The molecule has 40 heavy (non-hydrogen) atoms. The van der Waals surface area contributed by atoms with Crippen LogP contribution in [0.25, 0.3) is 0 Å². The van der Waals surface area contributed by atoms with E-state index in [4.69, 9.17) is 9.47 Å². The minimum absolute atomic E-state index is 0.0452. The first-order valence-corrected chi connectivity index (χ1v) is 15.4. The molecule has 0 heterocycles. The Labute approximate surface area is 239 Å². The number of allylic oxidation sites excluding steroid dienone is 4. The molecule has 0 spiro atoms. The molecule has 0 aromatic heterocycles. The SMILES string of the molecule is CPc1cccc(C(=O)OC2C(OC(=O)c3cccc(C)c3)C(C)C3(C)C=CC=CC3[C@@H]2c2ccccc2C)c1. The smallest absolute Gasteiger partial charge is 0.338 e. The highest BCUT2D eigenvalue weighted by Gasteiger charge is 2.57. The van der Waals surface area contributed by atoms with Crippen LogP contribution >= 0.6 is 8.58 Å². The second-order valence-electron chi connectivity index (χ2n) is 11.2. The topological polar surface area (TPSA) is 52.6 Å². The summed E-state index contributed by atoms with van der Waals surface area (Å²) in [6.07, 6.45) is 7.27. The van der Waals surface area contributed by atoms with Gasteiger partial charge in [-0.25, -0.2) is 9.59 Å². The van der Waals surface area contributed by atoms with Crippen LogP contribution in [0.4, 0.5) is 0 Å². The van der Waals surface area contributed by atoms with E-state index in [2.05, 4.69) is 63.9 Å². The average molecular weight is 553 g/mol. The fourth-order valence-corrected chi connectivity index (χ4v) is 6.93. The summed E-state index contributed by atoms with van der Waals surface area (Å²) in [5.41, 5.74) is 3.89. The zero-order valence-electron chi connectivity index (χ0n) is 23.8. The van der Waals surface area contributed by atoms with Crippen molar-refractivity contribution < 1.29 is 19.1 Å². The van der Waals surface area contributed by atoms with Crippen molar-refractivity contribution in [3.63, 3.8) is 0 Å². The number of carbonyl (C=O) groups is 2. The van der Waals surface area contributed by atoms with E-state index < -0.39 is 24.1 Å². The van der Waals surface area contributed by atoms with E-state index in [1.54, 1.807) is 12.1 Å². The lowest BCUT2D eigenvalue weighted by molar-refractivity contribution is -0.121. The van der Waals surface area contributed by atoms with Crippen LogP contribution in [0.3, 0.4) is 0 Å². The Kier molecular flexibility index (Phi) is 8.10. The van der Waals surface area contributed by atoms with Gasteiger partial charge in [-0.15, -0.1) is 0 Å². The van der Waals surface area contributed by atoms with Crippen molar-refractivity contribution in [3.05, 3.63) is 125 Å². The fraction of sp³-hybridized carbons (Fsp3) is 0.314. The molecular weight excluding hydrogens is 515 g/mol. The zero-order valence-corrected chi connectivity index (χ0v) is 24.8. The van der Waals surface area contributed by atoms with Crippen LogP contribution in [0.15, 0.2) is 97.1 Å². The fourth-order valence-electron chi connectivity index (χ4n) is 6.37. The molecule has 3 aromatic carbocycles. The van der Waals surface area contributed by atoms with Crippen molar-refractivity contribution in [2.75, 3.05) is 6.66 Å². The lowest BCUT2D eigenvalue weighted by Gasteiger charge is -2.54. The molecule has 6 unspecified atom stereocenters. The molecule has 4 nitrogen and oxygen atoms in total. The maximum atomic E-state index is 13.7. The van der Waals surface area contributed by atoms with Gasteiger partial charge in [0.05, 0.1) is 11.1 Å². The molecule has 0 aliphatic heterocycles. The highest BCUT2D eigenvalue weighted by Crippen LogP contribution is 2.56. The van der Waals surface area contributed by atoms with Crippen LogP contribution in [-0.2, 0) is 9.47 Å². The van der Waals surface area contributed by atoms with E-state index in [9.17, 15) is 9.59 Å². The largest absolute Gasteiger partial charge is 0.454 e. The molecule has 7 atom stereocenters.